The lowest BCUT2D eigenvalue weighted by Gasteiger charge is -2.17. The van der Waals surface area contributed by atoms with Crippen LogP contribution in [0.4, 0.5) is 0 Å². The van der Waals surface area contributed by atoms with Crippen molar-refractivity contribution in [1.29, 1.82) is 0 Å². The molecule has 2 atom stereocenters. The molecule has 1 aliphatic rings. The molecule has 0 bridgehead atoms. The average Bonchev–Trinajstić information content (AvgIpc) is 2.61. The second kappa shape index (κ2) is 4.93. The van der Waals surface area contributed by atoms with Crippen LogP contribution in [-0.2, 0) is 9.59 Å². The number of carbonyl (C=O) groups excluding carboxylic acids is 2. The van der Waals surface area contributed by atoms with E-state index >= 15 is 0 Å². The first-order valence-electron chi connectivity index (χ1n) is 4.94. The maximum Gasteiger partial charge on any atom is 0.243 e. The van der Waals surface area contributed by atoms with Gasteiger partial charge in [-0.2, -0.15) is 0 Å². The zero-order valence-electron chi connectivity index (χ0n) is 9.12. The van der Waals surface area contributed by atoms with Gasteiger partial charge < -0.3 is 15.5 Å². The van der Waals surface area contributed by atoms with Crippen molar-refractivity contribution in [3.8, 4) is 0 Å². The van der Waals surface area contributed by atoms with Crippen molar-refractivity contribution < 1.29 is 9.59 Å². The standard InChI is InChI=1S/C10H17N3O2/c1-4-10(15)12-9-6-13(7(2)14)5-8(9)11-3/h4,8-9,11H,1,5-6H2,2-3H3,(H,12,15). The second-order valence-corrected chi connectivity index (χ2v) is 3.64. The van der Waals surface area contributed by atoms with Gasteiger partial charge in [0.15, 0.2) is 0 Å². The molecular weight excluding hydrogens is 194 g/mol. The number of likely N-dealkylation sites (N-methyl/N-ethyl adjacent to an activating group) is 1. The van der Waals surface area contributed by atoms with Gasteiger partial charge >= 0.3 is 0 Å². The predicted octanol–water partition coefficient (Wildman–Crippen LogP) is -0.893. The summed E-state index contributed by atoms with van der Waals surface area (Å²) in [4.78, 5) is 24.0. The van der Waals surface area contributed by atoms with Crippen molar-refractivity contribution >= 4 is 11.8 Å². The number of nitrogens with zero attached hydrogens (tertiary/aromatic N) is 1. The van der Waals surface area contributed by atoms with E-state index in [4.69, 9.17) is 0 Å². The van der Waals surface area contributed by atoms with Gasteiger partial charge in [0.05, 0.1) is 6.04 Å². The lowest BCUT2D eigenvalue weighted by Crippen LogP contribution is -2.47. The lowest BCUT2D eigenvalue weighted by atomic mass is 10.2. The van der Waals surface area contributed by atoms with Gasteiger partial charge in [-0.3, -0.25) is 9.59 Å². The molecule has 1 rings (SSSR count). The van der Waals surface area contributed by atoms with E-state index < -0.39 is 0 Å². The van der Waals surface area contributed by atoms with E-state index in [-0.39, 0.29) is 23.9 Å². The summed E-state index contributed by atoms with van der Waals surface area (Å²) >= 11 is 0. The fraction of sp³-hybridized carbons (Fsp3) is 0.600. The van der Waals surface area contributed by atoms with Gasteiger partial charge in [0.25, 0.3) is 0 Å². The minimum Gasteiger partial charge on any atom is -0.346 e. The van der Waals surface area contributed by atoms with E-state index in [1.165, 1.54) is 13.0 Å². The third-order valence-electron chi connectivity index (χ3n) is 2.65. The first kappa shape index (κ1) is 11.7. The van der Waals surface area contributed by atoms with Gasteiger partial charge in [-0.15, -0.1) is 0 Å². The summed E-state index contributed by atoms with van der Waals surface area (Å²) in [6.07, 6.45) is 1.24. The Morgan fingerprint density at radius 3 is 2.47 bits per heavy atom. The predicted molar refractivity (Wildman–Crippen MR) is 57.2 cm³/mol. The average molecular weight is 211 g/mol. The topological polar surface area (TPSA) is 61.4 Å². The normalized spacial score (nSPS) is 25.1. The summed E-state index contributed by atoms with van der Waals surface area (Å²) in [5.41, 5.74) is 0. The molecule has 1 fully saturated rings. The van der Waals surface area contributed by atoms with Crippen molar-refractivity contribution in [3.05, 3.63) is 12.7 Å². The fourth-order valence-corrected chi connectivity index (χ4v) is 1.74. The highest BCUT2D eigenvalue weighted by atomic mass is 16.2. The van der Waals surface area contributed by atoms with Crippen molar-refractivity contribution in [2.24, 2.45) is 0 Å². The molecule has 2 amide bonds. The third-order valence-corrected chi connectivity index (χ3v) is 2.65. The van der Waals surface area contributed by atoms with Crippen LogP contribution in [0.2, 0.25) is 0 Å². The van der Waals surface area contributed by atoms with Gasteiger partial charge in [0.2, 0.25) is 11.8 Å². The molecular formula is C10H17N3O2. The number of amides is 2. The Kier molecular flexibility index (Phi) is 3.85. The van der Waals surface area contributed by atoms with Crippen molar-refractivity contribution in [2.75, 3.05) is 20.1 Å². The van der Waals surface area contributed by atoms with Gasteiger partial charge in [-0.05, 0) is 13.1 Å². The summed E-state index contributed by atoms with van der Waals surface area (Å²) in [6, 6.07) is 0.0715. The van der Waals surface area contributed by atoms with Gasteiger partial charge in [0.1, 0.15) is 0 Å². The van der Waals surface area contributed by atoms with E-state index in [0.717, 1.165) is 0 Å². The van der Waals surface area contributed by atoms with E-state index in [9.17, 15) is 9.59 Å². The Morgan fingerprint density at radius 1 is 1.40 bits per heavy atom. The molecule has 1 saturated heterocycles. The summed E-state index contributed by atoms with van der Waals surface area (Å²) in [5.74, 6) is -0.170. The number of likely N-dealkylation sites (tertiary alicyclic amines) is 1. The minimum absolute atomic E-state index is 0.0330. The Hall–Kier alpha value is -1.36. The van der Waals surface area contributed by atoms with E-state index in [0.29, 0.717) is 13.1 Å². The molecule has 15 heavy (non-hydrogen) atoms. The first-order chi connectivity index (χ1) is 7.08. The number of rotatable bonds is 3. The van der Waals surface area contributed by atoms with Gasteiger partial charge in [-0.1, -0.05) is 6.58 Å². The summed E-state index contributed by atoms with van der Waals surface area (Å²) in [6.45, 7) is 6.12. The highest BCUT2D eigenvalue weighted by Crippen LogP contribution is 2.10. The monoisotopic (exact) mass is 211 g/mol. The lowest BCUT2D eigenvalue weighted by molar-refractivity contribution is -0.128. The summed E-state index contributed by atoms with van der Waals surface area (Å²) < 4.78 is 0. The van der Waals surface area contributed by atoms with E-state index in [2.05, 4.69) is 17.2 Å². The molecule has 2 unspecified atom stereocenters. The molecule has 0 aromatic heterocycles. The zero-order valence-corrected chi connectivity index (χ0v) is 9.12. The smallest absolute Gasteiger partial charge is 0.243 e. The SMILES string of the molecule is C=CC(=O)NC1CN(C(C)=O)CC1NC. The van der Waals surface area contributed by atoms with Crippen LogP contribution in [0.5, 0.6) is 0 Å². The summed E-state index contributed by atoms with van der Waals surface area (Å²) in [5, 5.41) is 5.89. The molecule has 5 nitrogen and oxygen atoms in total. The van der Waals surface area contributed by atoms with Crippen LogP contribution in [-0.4, -0.2) is 48.9 Å². The van der Waals surface area contributed by atoms with Gasteiger partial charge in [0, 0.05) is 26.1 Å². The molecule has 0 spiro atoms. The second-order valence-electron chi connectivity index (χ2n) is 3.64. The first-order valence-corrected chi connectivity index (χ1v) is 4.94. The maximum absolute atomic E-state index is 11.2. The van der Waals surface area contributed by atoms with Crippen LogP contribution in [0, 0.1) is 0 Å². The Bertz CT molecular complexity index is 278. The molecule has 5 heteroatoms. The number of hydrogen-bond acceptors (Lipinski definition) is 3. The van der Waals surface area contributed by atoms with E-state index in [1.807, 2.05) is 7.05 Å². The number of nitrogens with one attached hydrogen (secondary N) is 2. The van der Waals surface area contributed by atoms with Crippen molar-refractivity contribution in [1.82, 2.24) is 15.5 Å². The fourth-order valence-electron chi connectivity index (χ4n) is 1.74. The molecule has 0 saturated carbocycles. The molecule has 0 aliphatic carbocycles. The number of hydrogen-bond donors (Lipinski definition) is 2. The molecule has 84 valence electrons. The highest BCUT2D eigenvalue weighted by Gasteiger charge is 2.33. The largest absolute Gasteiger partial charge is 0.346 e. The third kappa shape index (κ3) is 2.79. The van der Waals surface area contributed by atoms with Crippen LogP contribution in [0.1, 0.15) is 6.92 Å². The van der Waals surface area contributed by atoms with E-state index in [1.54, 1.807) is 4.90 Å². The van der Waals surface area contributed by atoms with Crippen LogP contribution in [0.3, 0.4) is 0 Å². The zero-order chi connectivity index (χ0) is 11.4. The Labute approximate surface area is 89.5 Å². The van der Waals surface area contributed by atoms with Crippen LogP contribution in [0.25, 0.3) is 0 Å². The molecule has 0 aromatic rings. The summed E-state index contributed by atoms with van der Waals surface area (Å²) in [7, 11) is 1.82. The molecule has 0 aromatic carbocycles. The minimum atomic E-state index is -0.203. The molecule has 0 radical (unpaired) electrons. The molecule has 2 N–H and O–H groups in total. The van der Waals surface area contributed by atoms with Crippen LogP contribution < -0.4 is 10.6 Å². The van der Waals surface area contributed by atoms with Crippen LogP contribution >= 0.6 is 0 Å². The Balaban J connectivity index is 2.59. The highest BCUT2D eigenvalue weighted by molar-refractivity contribution is 5.87. The van der Waals surface area contributed by atoms with Crippen molar-refractivity contribution in [2.45, 2.75) is 19.0 Å². The maximum atomic E-state index is 11.2. The van der Waals surface area contributed by atoms with Gasteiger partial charge in [-0.25, -0.2) is 0 Å². The molecule has 1 heterocycles. The quantitative estimate of drug-likeness (QED) is 0.595. The Morgan fingerprint density at radius 2 is 2.00 bits per heavy atom. The van der Waals surface area contributed by atoms with Crippen molar-refractivity contribution in [3.63, 3.8) is 0 Å². The number of carbonyl (C=O) groups is 2. The molecule has 1 aliphatic heterocycles. The van der Waals surface area contributed by atoms with Crippen LogP contribution in [0.15, 0.2) is 12.7 Å².